The second kappa shape index (κ2) is 7.38. The maximum Gasteiger partial charge on any atom is 0.253 e. The van der Waals surface area contributed by atoms with Crippen molar-refractivity contribution >= 4 is 11.4 Å². The van der Waals surface area contributed by atoms with Gasteiger partial charge in [0.1, 0.15) is 17.1 Å². The van der Waals surface area contributed by atoms with Crippen LogP contribution in [0.4, 0.5) is 11.4 Å². The molecular formula is C20H22N2O3. The normalized spacial score (nSPS) is 11.2. The molecule has 5 heteroatoms. The van der Waals surface area contributed by atoms with Gasteiger partial charge in [0.15, 0.2) is 0 Å². The summed E-state index contributed by atoms with van der Waals surface area (Å²) in [7, 11) is 0. The van der Waals surface area contributed by atoms with Gasteiger partial charge in [-0.25, -0.2) is 0 Å². The first kappa shape index (κ1) is 17.0. The first-order valence-corrected chi connectivity index (χ1v) is 8.48. The van der Waals surface area contributed by atoms with Crippen LogP contribution in [0.15, 0.2) is 56.7 Å². The van der Waals surface area contributed by atoms with E-state index in [1.165, 1.54) is 5.56 Å². The predicted molar refractivity (Wildman–Crippen MR) is 100 cm³/mol. The average molecular weight is 338 g/mol. The van der Waals surface area contributed by atoms with E-state index >= 15 is 0 Å². The lowest BCUT2D eigenvalue weighted by Gasteiger charge is -2.15. The highest BCUT2D eigenvalue weighted by Gasteiger charge is 2.20. The summed E-state index contributed by atoms with van der Waals surface area (Å²) in [5.74, 6) is 1.33. The van der Waals surface area contributed by atoms with Gasteiger partial charge in [0.2, 0.25) is 0 Å². The minimum atomic E-state index is -0.461. The lowest BCUT2D eigenvalue weighted by Crippen LogP contribution is -2.37. The third-order valence-electron chi connectivity index (χ3n) is 4.28. The summed E-state index contributed by atoms with van der Waals surface area (Å²) in [5, 5.41) is 6.12. The monoisotopic (exact) mass is 338 g/mol. The van der Waals surface area contributed by atoms with Crippen molar-refractivity contribution in [2.24, 2.45) is 0 Å². The molecule has 0 amide bonds. The third kappa shape index (κ3) is 3.82. The zero-order valence-corrected chi connectivity index (χ0v) is 14.5. The minimum Gasteiger partial charge on any atom is -0.469 e. The topological polar surface area (TPSA) is 71.3 Å². The fourth-order valence-electron chi connectivity index (χ4n) is 2.71. The van der Waals surface area contributed by atoms with Crippen molar-refractivity contribution in [1.29, 1.82) is 0 Å². The molecule has 0 radical (unpaired) electrons. The largest absolute Gasteiger partial charge is 0.469 e. The first-order chi connectivity index (χ1) is 12.1. The Morgan fingerprint density at radius 3 is 2.24 bits per heavy atom. The van der Waals surface area contributed by atoms with Crippen LogP contribution in [-0.2, 0) is 13.0 Å². The Morgan fingerprint density at radius 1 is 0.960 bits per heavy atom. The second-order valence-electron chi connectivity index (χ2n) is 6.41. The highest BCUT2D eigenvalue weighted by molar-refractivity contribution is 5.74. The molecule has 0 saturated heterocycles. The van der Waals surface area contributed by atoms with Gasteiger partial charge in [0.25, 0.3) is 10.9 Å². The van der Waals surface area contributed by atoms with Gasteiger partial charge >= 0.3 is 0 Å². The second-order valence-corrected chi connectivity index (χ2v) is 6.41. The van der Waals surface area contributed by atoms with E-state index in [-0.39, 0.29) is 0 Å². The van der Waals surface area contributed by atoms with Crippen LogP contribution in [0.25, 0.3) is 0 Å². The standard InChI is InChI=1S/C20H22N2O3/c1-13(2)15-7-5-14(6-8-15)12-22-18-17(19(23)20(18)24)21-10-9-16-4-3-11-25-16/h3-8,11,13,21-22H,9-10,12H2,1-2H3. The summed E-state index contributed by atoms with van der Waals surface area (Å²) in [6.07, 6.45) is 2.27. The molecule has 25 heavy (non-hydrogen) atoms. The van der Waals surface area contributed by atoms with E-state index < -0.39 is 10.9 Å². The Labute approximate surface area is 146 Å². The van der Waals surface area contributed by atoms with E-state index in [1.54, 1.807) is 6.26 Å². The van der Waals surface area contributed by atoms with Crippen molar-refractivity contribution < 1.29 is 4.42 Å². The zero-order valence-electron chi connectivity index (χ0n) is 14.5. The molecular weight excluding hydrogens is 316 g/mol. The lowest BCUT2D eigenvalue weighted by molar-refractivity contribution is 0.513. The highest BCUT2D eigenvalue weighted by Crippen LogP contribution is 2.18. The third-order valence-corrected chi connectivity index (χ3v) is 4.28. The fourth-order valence-corrected chi connectivity index (χ4v) is 2.71. The number of nitrogens with one attached hydrogen (secondary N) is 2. The van der Waals surface area contributed by atoms with Crippen molar-refractivity contribution in [1.82, 2.24) is 0 Å². The maximum atomic E-state index is 11.8. The quantitative estimate of drug-likeness (QED) is 0.617. The Morgan fingerprint density at radius 2 is 1.64 bits per heavy atom. The number of hydrogen-bond acceptors (Lipinski definition) is 5. The van der Waals surface area contributed by atoms with Gasteiger partial charge in [-0.3, -0.25) is 9.59 Å². The minimum absolute atomic E-state index is 0.371. The molecule has 0 aliphatic rings. The van der Waals surface area contributed by atoms with E-state index in [0.29, 0.717) is 36.8 Å². The van der Waals surface area contributed by atoms with Gasteiger partial charge in [-0.15, -0.1) is 0 Å². The molecule has 0 bridgehead atoms. The van der Waals surface area contributed by atoms with Gasteiger partial charge in [-0.1, -0.05) is 38.1 Å². The maximum absolute atomic E-state index is 11.8. The molecule has 1 heterocycles. The number of hydrogen-bond donors (Lipinski definition) is 2. The molecule has 0 aliphatic carbocycles. The van der Waals surface area contributed by atoms with Crippen LogP contribution in [0.5, 0.6) is 0 Å². The summed E-state index contributed by atoms with van der Waals surface area (Å²) >= 11 is 0. The fraction of sp³-hybridized carbons (Fsp3) is 0.300. The van der Waals surface area contributed by atoms with Crippen molar-refractivity contribution in [2.75, 3.05) is 17.2 Å². The number of furan rings is 1. The summed E-state index contributed by atoms with van der Waals surface area (Å²) in [6.45, 7) is 5.35. The molecule has 130 valence electrons. The molecule has 0 spiro atoms. The summed E-state index contributed by atoms with van der Waals surface area (Å²) in [6, 6.07) is 12.0. The predicted octanol–water partition coefficient (Wildman–Crippen LogP) is 3.27. The Bertz CT molecular complexity index is 886. The van der Waals surface area contributed by atoms with Crippen LogP contribution in [-0.4, -0.2) is 6.54 Å². The van der Waals surface area contributed by atoms with Crippen molar-refractivity contribution in [3.63, 3.8) is 0 Å². The Kier molecular flexibility index (Phi) is 5.03. The van der Waals surface area contributed by atoms with Crippen molar-refractivity contribution in [3.05, 3.63) is 80.0 Å². The van der Waals surface area contributed by atoms with Crippen molar-refractivity contribution in [3.8, 4) is 0 Å². The number of rotatable bonds is 8. The van der Waals surface area contributed by atoms with Crippen LogP contribution < -0.4 is 21.5 Å². The van der Waals surface area contributed by atoms with E-state index in [1.807, 2.05) is 24.3 Å². The van der Waals surface area contributed by atoms with Crippen molar-refractivity contribution in [2.45, 2.75) is 32.7 Å². The molecule has 0 fully saturated rings. The van der Waals surface area contributed by atoms with Gasteiger partial charge < -0.3 is 15.1 Å². The molecule has 0 aliphatic heterocycles. The molecule has 0 saturated carbocycles. The summed E-state index contributed by atoms with van der Waals surface area (Å²) < 4.78 is 5.25. The molecule has 5 nitrogen and oxygen atoms in total. The van der Waals surface area contributed by atoms with E-state index in [2.05, 4.69) is 36.6 Å². The number of anilines is 2. The zero-order chi connectivity index (χ0) is 17.8. The van der Waals surface area contributed by atoms with Crippen LogP contribution in [0.3, 0.4) is 0 Å². The van der Waals surface area contributed by atoms with Crippen LogP contribution in [0.1, 0.15) is 36.7 Å². The van der Waals surface area contributed by atoms with E-state index in [0.717, 1.165) is 11.3 Å². The highest BCUT2D eigenvalue weighted by atomic mass is 16.3. The average Bonchev–Trinajstić information content (AvgIpc) is 3.13. The van der Waals surface area contributed by atoms with E-state index in [9.17, 15) is 9.59 Å². The first-order valence-electron chi connectivity index (χ1n) is 8.48. The van der Waals surface area contributed by atoms with E-state index in [4.69, 9.17) is 4.42 Å². The van der Waals surface area contributed by atoms with Gasteiger partial charge in [0.05, 0.1) is 6.26 Å². The van der Waals surface area contributed by atoms with Crippen LogP contribution >= 0.6 is 0 Å². The van der Waals surface area contributed by atoms with Gasteiger partial charge in [0, 0.05) is 19.5 Å². The summed E-state index contributed by atoms with van der Waals surface area (Å²) in [5.41, 5.74) is 2.17. The van der Waals surface area contributed by atoms with Gasteiger partial charge in [-0.05, 0) is 29.2 Å². The molecule has 3 rings (SSSR count). The molecule has 0 atom stereocenters. The Balaban J connectivity index is 1.58. The molecule has 0 unspecified atom stereocenters. The van der Waals surface area contributed by atoms with Crippen LogP contribution in [0.2, 0.25) is 0 Å². The lowest BCUT2D eigenvalue weighted by atomic mass is 10.0. The molecule has 3 aromatic rings. The smallest absolute Gasteiger partial charge is 0.253 e. The Hall–Kier alpha value is -2.82. The van der Waals surface area contributed by atoms with Gasteiger partial charge in [-0.2, -0.15) is 0 Å². The molecule has 1 aromatic heterocycles. The molecule has 2 aromatic carbocycles. The number of benzene rings is 1. The van der Waals surface area contributed by atoms with Crippen LogP contribution in [0, 0.1) is 0 Å². The SMILES string of the molecule is CC(C)c1ccc(CNc2c(NCCc3ccco3)c(=O)c2=O)cc1. The molecule has 2 N–H and O–H groups in total. The summed E-state index contributed by atoms with van der Waals surface area (Å²) in [4.78, 5) is 23.6.